The van der Waals surface area contributed by atoms with E-state index in [1.807, 2.05) is 12.1 Å². The maximum Gasteiger partial charge on any atom is 0.308 e. The van der Waals surface area contributed by atoms with E-state index in [0.717, 1.165) is 30.6 Å². The smallest absolute Gasteiger partial charge is 0.308 e. The molecule has 6 nitrogen and oxygen atoms in total. The van der Waals surface area contributed by atoms with E-state index >= 15 is 0 Å². The first-order valence-electron chi connectivity index (χ1n) is 8.79. The lowest BCUT2D eigenvalue weighted by Crippen LogP contribution is -2.38. The SMILES string of the molecule is CCS(=O)(=O)Oc1cccc(CN(Cc2ccco2)C(=O)C2CCC2)c1. The van der Waals surface area contributed by atoms with Crippen LogP contribution in [-0.2, 0) is 28.0 Å². The van der Waals surface area contributed by atoms with Crippen molar-refractivity contribution in [1.82, 2.24) is 4.90 Å². The van der Waals surface area contributed by atoms with E-state index < -0.39 is 10.1 Å². The normalized spacial score (nSPS) is 14.7. The Balaban J connectivity index is 1.76. The number of hydrogen-bond donors (Lipinski definition) is 0. The molecule has 0 saturated heterocycles. The second kappa shape index (κ2) is 7.95. The van der Waals surface area contributed by atoms with E-state index in [4.69, 9.17) is 8.60 Å². The molecule has 0 bridgehead atoms. The number of furan rings is 1. The van der Waals surface area contributed by atoms with Gasteiger partial charge in [0.2, 0.25) is 5.91 Å². The van der Waals surface area contributed by atoms with Crippen molar-refractivity contribution >= 4 is 16.0 Å². The van der Waals surface area contributed by atoms with Gasteiger partial charge < -0.3 is 13.5 Å². The fourth-order valence-corrected chi connectivity index (χ4v) is 3.35. The lowest BCUT2D eigenvalue weighted by atomic mass is 9.84. The average molecular weight is 377 g/mol. The molecule has 1 aromatic carbocycles. The molecule has 1 heterocycles. The number of hydrogen-bond acceptors (Lipinski definition) is 5. The quantitative estimate of drug-likeness (QED) is 0.660. The van der Waals surface area contributed by atoms with Gasteiger partial charge in [0.05, 0.1) is 18.6 Å². The highest BCUT2D eigenvalue weighted by Crippen LogP contribution is 2.30. The molecule has 1 aromatic heterocycles. The summed E-state index contributed by atoms with van der Waals surface area (Å²) in [6.45, 7) is 2.29. The van der Waals surface area contributed by atoms with Crippen molar-refractivity contribution in [2.75, 3.05) is 5.75 Å². The van der Waals surface area contributed by atoms with Crippen LogP contribution >= 0.6 is 0 Å². The van der Waals surface area contributed by atoms with Crippen LogP contribution in [-0.4, -0.2) is 25.0 Å². The third kappa shape index (κ3) is 4.66. The molecule has 140 valence electrons. The van der Waals surface area contributed by atoms with Gasteiger partial charge in [0.15, 0.2) is 0 Å². The minimum Gasteiger partial charge on any atom is -0.467 e. The van der Waals surface area contributed by atoms with Crippen molar-refractivity contribution in [2.24, 2.45) is 5.92 Å². The van der Waals surface area contributed by atoms with E-state index in [2.05, 4.69) is 0 Å². The van der Waals surface area contributed by atoms with Crippen LogP contribution in [0.2, 0.25) is 0 Å². The van der Waals surface area contributed by atoms with Crippen LogP contribution in [0.1, 0.15) is 37.5 Å². The van der Waals surface area contributed by atoms with Gasteiger partial charge in [0.25, 0.3) is 0 Å². The van der Waals surface area contributed by atoms with Crippen LogP contribution in [0.3, 0.4) is 0 Å². The average Bonchev–Trinajstić information content (AvgIpc) is 3.05. The molecule has 0 atom stereocenters. The molecule has 1 amide bonds. The van der Waals surface area contributed by atoms with Crippen molar-refractivity contribution in [2.45, 2.75) is 39.3 Å². The van der Waals surface area contributed by atoms with Gasteiger partial charge in [-0.25, -0.2) is 0 Å². The molecule has 0 aliphatic heterocycles. The van der Waals surface area contributed by atoms with Crippen molar-refractivity contribution in [3.63, 3.8) is 0 Å². The summed E-state index contributed by atoms with van der Waals surface area (Å²) in [5.41, 5.74) is 0.813. The van der Waals surface area contributed by atoms with Gasteiger partial charge >= 0.3 is 10.1 Å². The first-order valence-corrected chi connectivity index (χ1v) is 10.4. The molecule has 2 aromatic rings. The lowest BCUT2D eigenvalue weighted by molar-refractivity contribution is -0.139. The summed E-state index contributed by atoms with van der Waals surface area (Å²) in [6, 6.07) is 10.5. The molecule has 26 heavy (non-hydrogen) atoms. The zero-order valence-electron chi connectivity index (χ0n) is 14.8. The van der Waals surface area contributed by atoms with Gasteiger partial charge in [-0.15, -0.1) is 0 Å². The van der Waals surface area contributed by atoms with Crippen LogP contribution in [0.5, 0.6) is 5.75 Å². The summed E-state index contributed by atoms with van der Waals surface area (Å²) in [7, 11) is -3.58. The molecule has 1 aliphatic carbocycles. The van der Waals surface area contributed by atoms with Crippen molar-refractivity contribution in [3.05, 3.63) is 54.0 Å². The van der Waals surface area contributed by atoms with Gasteiger partial charge in [0, 0.05) is 12.5 Å². The van der Waals surface area contributed by atoms with Gasteiger partial charge in [-0.3, -0.25) is 4.79 Å². The Kier molecular flexibility index (Phi) is 5.66. The van der Waals surface area contributed by atoms with Crippen LogP contribution in [0.15, 0.2) is 47.1 Å². The van der Waals surface area contributed by atoms with E-state index in [-0.39, 0.29) is 23.3 Å². The molecule has 0 spiro atoms. The third-order valence-corrected chi connectivity index (χ3v) is 5.70. The highest BCUT2D eigenvalue weighted by atomic mass is 32.2. The van der Waals surface area contributed by atoms with Crippen LogP contribution in [0.4, 0.5) is 0 Å². The maximum atomic E-state index is 12.8. The van der Waals surface area contributed by atoms with Gasteiger partial charge in [-0.05, 0) is 49.6 Å². The maximum absolute atomic E-state index is 12.8. The Labute approximate surface area is 153 Å². The predicted molar refractivity (Wildman–Crippen MR) is 96.8 cm³/mol. The molecular weight excluding hydrogens is 354 g/mol. The van der Waals surface area contributed by atoms with Crippen molar-refractivity contribution in [3.8, 4) is 5.75 Å². The summed E-state index contributed by atoms with van der Waals surface area (Å²) in [4.78, 5) is 14.5. The summed E-state index contributed by atoms with van der Waals surface area (Å²) in [5, 5.41) is 0. The number of carbonyl (C=O) groups is 1. The predicted octanol–water partition coefficient (Wildman–Crippen LogP) is 3.34. The van der Waals surface area contributed by atoms with Gasteiger partial charge in [-0.2, -0.15) is 8.42 Å². The summed E-state index contributed by atoms with van der Waals surface area (Å²) < 4.78 is 33.8. The molecule has 0 unspecified atom stereocenters. The second-order valence-corrected chi connectivity index (χ2v) is 8.34. The van der Waals surface area contributed by atoms with Crippen LogP contribution < -0.4 is 4.18 Å². The van der Waals surface area contributed by atoms with Crippen molar-refractivity contribution < 1.29 is 21.8 Å². The zero-order chi connectivity index (χ0) is 18.6. The van der Waals surface area contributed by atoms with Crippen LogP contribution in [0, 0.1) is 5.92 Å². The largest absolute Gasteiger partial charge is 0.467 e. The zero-order valence-corrected chi connectivity index (χ0v) is 15.6. The number of benzene rings is 1. The van der Waals surface area contributed by atoms with E-state index in [1.54, 1.807) is 35.4 Å². The minimum absolute atomic E-state index is 0.0739. The fraction of sp³-hybridized carbons (Fsp3) is 0.421. The Morgan fingerprint density at radius 3 is 2.65 bits per heavy atom. The van der Waals surface area contributed by atoms with Crippen LogP contribution in [0.25, 0.3) is 0 Å². The molecule has 3 rings (SSSR count). The molecule has 0 N–H and O–H groups in total. The molecular formula is C19H23NO5S. The Morgan fingerprint density at radius 1 is 1.23 bits per heavy atom. The Bertz CT molecular complexity index is 841. The van der Waals surface area contributed by atoms with E-state index in [1.165, 1.54) is 6.92 Å². The molecule has 0 radical (unpaired) electrons. The highest BCUT2D eigenvalue weighted by molar-refractivity contribution is 7.87. The number of nitrogens with zero attached hydrogens (tertiary/aromatic N) is 1. The second-order valence-electron chi connectivity index (χ2n) is 6.48. The van der Waals surface area contributed by atoms with Gasteiger partial charge in [-0.1, -0.05) is 18.6 Å². The number of rotatable bonds is 8. The lowest BCUT2D eigenvalue weighted by Gasteiger charge is -2.31. The summed E-state index contributed by atoms with van der Waals surface area (Å²) in [6.07, 6.45) is 4.52. The number of carbonyl (C=O) groups excluding carboxylic acids is 1. The first kappa shape index (κ1) is 18.5. The van der Waals surface area contributed by atoms with Crippen molar-refractivity contribution in [1.29, 1.82) is 0 Å². The molecule has 1 aliphatic rings. The van der Waals surface area contributed by atoms with Gasteiger partial charge in [0.1, 0.15) is 11.5 Å². The number of amides is 1. The monoisotopic (exact) mass is 377 g/mol. The fourth-order valence-electron chi connectivity index (χ4n) is 2.84. The Hall–Kier alpha value is -2.28. The summed E-state index contributed by atoms with van der Waals surface area (Å²) >= 11 is 0. The standard InChI is InChI=1S/C19H23NO5S/c1-2-26(22,23)25-17-9-3-6-15(12-17)13-20(14-18-10-5-11-24-18)19(21)16-7-4-8-16/h3,5-6,9-12,16H,2,4,7-8,13-14H2,1H3. The molecule has 1 saturated carbocycles. The topological polar surface area (TPSA) is 76.8 Å². The Morgan fingerprint density at radius 2 is 2.04 bits per heavy atom. The van der Waals surface area contributed by atoms with E-state index in [0.29, 0.717) is 13.1 Å². The molecule has 7 heteroatoms. The minimum atomic E-state index is -3.58. The summed E-state index contributed by atoms with van der Waals surface area (Å²) in [5.74, 6) is 1.07. The highest BCUT2D eigenvalue weighted by Gasteiger charge is 2.30. The third-order valence-electron chi connectivity index (χ3n) is 4.54. The molecule has 1 fully saturated rings. The van der Waals surface area contributed by atoms with E-state index in [9.17, 15) is 13.2 Å². The first-order chi connectivity index (χ1) is 12.5.